The van der Waals surface area contributed by atoms with Gasteiger partial charge in [0, 0.05) is 11.7 Å². The Labute approximate surface area is 150 Å². The molecule has 0 unspecified atom stereocenters. The van der Waals surface area contributed by atoms with Gasteiger partial charge < -0.3 is 11.2 Å². The third kappa shape index (κ3) is 3.51. The number of carbonyl (C=O) groups excluding carboxylic acids is 1. The van der Waals surface area contributed by atoms with Crippen molar-refractivity contribution in [2.45, 2.75) is 50.7 Å². The molecule has 0 aliphatic heterocycles. The van der Waals surface area contributed by atoms with Crippen LogP contribution in [0.25, 0.3) is 5.95 Å². The minimum Gasteiger partial charge on any atom is -0.352 e. The average Bonchev–Trinajstić information content (AvgIpc) is 3.48. The number of amides is 1. The lowest BCUT2D eigenvalue weighted by Gasteiger charge is -2.17. The molecule has 1 amide bonds. The maximum Gasteiger partial charge on any atom is 0.271 e. The van der Waals surface area contributed by atoms with Crippen molar-refractivity contribution in [2.24, 2.45) is 11.8 Å². The van der Waals surface area contributed by atoms with Gasteiger partial charge in [-0.1, -0.05) is 11.8 Å². The summed E-state index contributed by atoms with van der Waals surface area (Å²) < 4.78 is 3.04. The molecule has 4 rings (SSSR count). The molecule has 0 spiro atoms. The van der Waals surface area contributed by atoms with Crippen molar-refractivity contribution in [1.29, 1.82) is 0 Å². The number of thioether (sulfide) groups is 1. The van der Waals surface area contributed by atoms with Gasteiger partial charge in [0.25, 0.3) is 5.95 Å². The predicted molar refractivity (Wildman–Crippen MR) is 94.9 cm³/mol. The van der Waals surface area contributed by atoms with Crippen LogP contribution in [0.2, 0.25) is 0 Å². The molecule has 134 valence electrons. The summed E-state index contributed by atoms with van der Waals surface area (Å²) in [5.74, 6) is 8.27. The number of nitrogens with two attached hydrogens (primary N) is 1. The maximum absolute atomic E-state index is 12.3. The van der Waals surface area contributed by atoms with Gasteiger partial charge in [-0.05, 0) is 57.4 Å². The van der Waals surface area contributed by atoms with Crippen LogP contribution in [0.3, 0.4) is 0 Å². The maximum atomic E-state index is 12.3. The van der Waals surface area contributed by atoms with Crippen LogP contribution >= 0.6 is 11.8 Å². The van der Waals surface area contributed by atoms with Crippen LogP contribution in [0.5, 0.6) is 0 Å². The fraction of sp³-hybridized carbons (Fsp3) is 0.625. The molecule has 25 heavy (non-hydrogen) atoms. The summed E-state index contributed by atoms with van der Waals surface area (Å²) in [7, 11) is 0. The summed E-state index contributed by atoms with van der Waals surface area (Å²) in [6.45, 7) is 3.85. The van der Waals surface area contributed by atoms with Gasteiger partial charge >= 0.3 is 0 Å². The standard InChI is InChI=1S/C16H23N7OS/c1-9-7-10(2)23(21-9)15-19-20-16(22(15)17)25-8-13(24)18-14(11-3-4-11)12-5-6-12/h7,11-12,14H,3-6,8,17H2,1-2H3,(H,18,24). The molecule has 0 saturated heterocycles. The van der Waals surface area contributed by atoms with Crippen LogP contribution in [-0.4, -0.2) is 42.4 Å². The first-order chi connectivity index (χ1) is 12.0. The van der Waals surface area contributed by atoms with Crippen LogP contribution in [-0.2, 0) is 4.79 Å². The summed E-state index contributed by atoms with van der Waals surface area (Å²) in [5.41, 5.74) is 1.82. The number of nitrogens with zero attached hydrogens (tertiary/aromatic N) is 5. The fourth-order valence-corrected chi connectivity index (χ4v) is 3.90. The normalized spacial score (nSPS) is 17.2. The fourth-order valence-electron chi connectivity index (χ4n) is 3.23. The van der Waals surface area contributed by atoms with Gasteiger partial charge in [-0.2, -0.15) is 5.10 Å². The number of hydrogen-bond acceptors (Lipinski definition) is 6. The lowest BCUT2D eigenvalue weighted by molar-refractivity contribution is -0.119. The Bertz CT molecular complexity index is 779. The van der Waals surface area contributed by atoms with Crippen LogP contribution in [0.4, 0.5) is 0 Å². The molecular weight excluding hydrogens is 338 g/mol. The number of nitrogens with one attached hydrogen (secondary N) is 1. The van der Waals surface area contributed by atoms with Crippen LogP contribution in [0, 0.1) is 25.7 Å². The van der Waals surface area contributed by atoms with E-state index in [1.54, 1.807) is 4.68 Å². The highest BCUT2D eigenvalue weighted by molar-refractivity contribution is 7.99. The van der Waals surface area contributed by atoms with Gasteiger partial charge in [-0.3, -0.25) is 4.79 Å². The molecule has 9 heteroatoms. The van der Waals surface area contributed by atoms with Gasteiger partial charge in [0.1, 0.15) is 0 Å². The Morgan fingerprint density at radius 2 is 2.00 bits per heavy atom. The van der Waals surface area contributed by atoms with Gasteiger partial charge in [-0.15, -0.1) is 10.2 Å². The molecule has 0 bridgehead atoms. The highest BCUT2D eigenvalue weighted by atomic mass is 32.2. The number of aromatic nitrogens is 5. The highest BCUT2D eigenvalue weighted by Crippen LogP contribution is 2.44. The molecule has 0 atom stereocenters. The van der Waals surface area contributed by atoms with Crippen molar-refractivity contribution in [3.8, 4) is 5.95 Å². The Hall–Kier alpha value is -2.03. The van der Waals surface area contributed by atoms with E-state index in [9.17, 15) is 4.79 Å². The molecule has 2 fully saturated rings. The molecule has 8 nitrogen and oxygen atoms in total. The van der Waals surface area contributed by atoms with Crippen molar-refractivity contribution >= 4 is 17.7 Å². The van der Waals surface area contributed by atoms with E-state index in [1.165, 1.54) is 42.1 Å². The van der Waals surface area contributed by atoms with E-state index < -0.39 is 0 Å². The molecule has 2 aromatic heterocycles. The molecule has 2 aromatic rings. The van der Waals surface area contributed by atoms with Crippen LogP contribution < -0.4 is 11.2 Å². The summed E-state index contributed by atoms with van der Waals surface area (Å²) >= 11 is 1.30. The Morgan fingerprint density at radius 1 is 1.32 bits per heavy atom. The lowest BCUT2D eigenvalue weighted by atomic mass is 10.1. The van der Waals surface area contributed by atoms with E-state index in [2.05, 4.69) is 20.6 Å². The Kier molecular flexibility index (Phi) is 4.18. The van der Waals surface area contributed by atoms with E-state index in [-0.39, 0.29) is 5.91 Å². The van der Waals surface area contributed by atoms with Crippen molar-refractivity contribution < 1.29 is 4.79 Å². The topological polar surface area (TPSA) is 104 Å². The molecule has 0 aromatic carbocycles. The predicted octanol–water partition coefficient (Wildman–Crippen LogP) is 1.19. The second kappa shape index (κ2) is 6.36. The summed E-state index contributed by atoms with van der Waals surface area (Å²) in [5, 5.41) is 16.3. The smallest absolute Gasteiger partial charge is 0.271 e. The zero-order chi connectivity index (χ0) is 17.6. The first-order valence-electron chi connectivity index (χ1n) is 8.69. The van der Waals surface area contributed by atoms with Gasteiger partial charge in [0.05, 0.1) is 11.4 Å². The second-order valence-corrected chi connectivity index (χ2v) is 7.99. The molecule has 2 aliphatic rings. The first-order valence-corrected chi connectivity index (χ1v) is 9.68. The zero-order valence-corrected chi connectivity index (χ0v) is 15.3. The highest BCUT2D eigenvalue weighted by Gasteiger charge is 2.42. The molecule has 2 saturated carbocycles. The summed E-state index contributed by atoms with van der Waals surface area (Å²) in [6.07, 6.45) is 4.99. The van der Waals surface area contributed by atoms with Crippen LogP contribution in [0.1, 0.15) is 37.1 Å². The molecule has 0 radical (unpaired) electrons. The van der Waals surface area contributed by atoms with Crippen molar-refractivity contribution in [3.63, 3.8) is 0 Å². The molecular formula is C16H23N7OS. The van der Waals surface area contributed by atoms with Crippen molar-refractivity contribution in [3.05, 3.63) is 17.5 Å². The number of carbonyl (C=O) groups is 1. The van der Waals surface area contributed by atoms with Crippen molar-refractivity contribution in [1.82, 2.24) is 30.0 Å². The first kappa shape index (κ1) is 16.4. The van der Waals surface area contributed by atoms with Crippen molar-refractivity contribution in [2.75, 3.05) is 11.6 Å². The quantitative estimate of drug-likeness (QED) is 0.567. The van der Waals surface area contributed by atoms with E-state index in [0.29, 0.717) is 34.7 Å². The third-order valence-corrected chi connectivity index (χ3v) is 5.71. The van der Waals surface area contributed by atoms with E-state index >= 15 is 0 Å². The minimum atomic E-state index is 0.0458. The van der Waals surface area contributed by atoms with Gasteiger partial charge in [0.15, 0.2) is 0 Å². The monoisotopic (exact) mass is 361 g/mol. The summed E-state index contributed by atoms with van der Waals surface area (Å²) in [4.78, 5) is 12.3. The lowest BCUT2D eigenvalue weighted by Crippen LogP contribution is -2.39. The van der Waals surface area contributed by atoms with E-state index in [1.807, 2.05) is 19.9 Å². The SMILES string of the molecule is Cc1cc(C)n(-c2nnc(SCC(=O)NC(C3CC3)C3CC3)n2N)n1. The van der Waals surface area contributed by atoms with E-state index in [4.69, 9.17) is 5.84 Å². The van der Waals surface area contributed by atoms with Gasteiger partial charge in [-0.25, -0.2) is 9.36 Å². The Balaban J connectivity index is 1.38. The summed E-state index contributed by atoms with van der Waals surface area (Å²) in [6, 6.07) is 2.32. The molecule has 2 heterocycles. The molecule has 2 aliphatic carbocycles. The number of nitrogen functional groups attached to an aromatic ring is 1. The number of hydrogen-bond donors (Lipinski definition) is 2. The largest absolute Gasteiger partial charge is 0.352 e. The second-order valence-electron chi connectivity index (χ2n) is 7.05. The minimum absolute atomic E-state index is 0.0458. The third-order valence-electron chi connectivity index (χ3n) is 4.77. The Morgan fingerprint density at radius 3 is 2.56 bits per heavy atom. The zero-order valence-electron chi connectivity index (χ0n) is 14.5. The average molecular weight is 361 g/mol. The number of aryl methyl sites for hydroxylation is 2. The molecule has 3 N–H and O–H groups in total. The van der Waals surface area contributed by atoms with Crippen LogP contribution in [0.15, 0.2) is 11.2 Å². The van der Waals surface area contributed by atoms with E-state index in [0.717, 1.165) is 11.4 Å². The van der Waals surface area contributed by atoms with Gasteiger partial charge in [0.2, 0.25) is 11.1 Å². The number of rotatable bonds is 7.